The maximum Gasteiger partial charge on any atom is 0.127 e. The molecule has 0 aliphatic carbocycles. The molecule has 0 amide bonds. The van der Waals surface area contributed by atoms with Crippen molar-refractivity contribution in [1.29, 1.82) is 0 Å². The second-order valence-corrected chi connectivity index (χ2v) is 9.92. The molecule has 3 rings (SSSR count). The van der Waals surface area contributed by atoms with Crippen molar-refractivity contribution in [1.82, 2.24) is 0 Å². The van der Waals surface area contributed by atoms with Gasteiger partial charge in [0.1, 0.15) is 11.5 Å². The fraction of sp³-hybridized carbons (Fsp3) is 0.533. The SMILES string of the molecule is CCCCCCCCOc1cccc2c(Br)c3cccc(OCCCCCCCC)c3cc12. The molecule has 0 bridgehead atoms. The summed E-state index contributed by atoms with van der Waals surface area (Å²) < 4.78 is 13.6. The smallest absolute Gasteiger partial charge is 0.127 e. The van der Waals surface area contributed by atoms with Gasteiger partial charge in [0.15, 0.2) is 0 Å². The molecule has 0 atom stereocenters. The molecule has 0 aliphatic rings. The monoisotopic (exact) mass is 512 g/mol. The van der Waals surface area contributed by atoms with Crippen LogP contribution < -0.4 is 9.47 Å². The van der Waals surface area contributed by atoms with Gasteiger partial charge in [0.05, 0.1) is 13.2 Å². The molecule has 0 spiro atoms. The van der Waals surface area contributed by atoms with E-state index in [9.17, 15) is 0 Å². The second kappa shape index (κ2) is 14.5. The fourth-order valence-corrected chi connectivity index (χ4v) is 5.13. The lowest BCUT2D eigenvalue weighted by molar-refractivity contribution is 0.307. The predicted octanol–water partition coefficient (Wildman–Crippen LogP) is 10.2. The van der Waals surface area contributed by atoms with Gasteiger partial charge in [0, 0.05) is 26.0 Å². The summed E-state index contributed by atoms with van der Waals surface area (Å²) in [5.74, 6) is 1.93. The van der Waals surface area contributed by atoms with Crippen LogP contribution in [0.4, 0.5) is 0 Å². The molecule has 0 N–H and O–H groups in total. The first-order valence-corrected chi connectivity index (χ1v) is 13.9. The van der Waals surface area contributed by atoms with Gasteiger partial charge in [-0.25, -0.2) is 0 Å². The molecule has 0 unspecified atom stereocenters. The Bertz CT molecular complexity index is 906. The molecule has 0 heterocycles. The van der Waals surface area contributed by atoms with Crippen LogP contribution >= 0.6 is 15.9 Å². The largest absolute Gasteiger partial charge is 0.493 e. The van der Waals surface area contributed by atoms with Crippen molar-refractivity contribution in [3.8, 4) is 11.5 Å². The Kier molecular flexibility index (Phi) is 11.4. The van der Waals surface area contributed by atoms with E-state index in [0.29, 0.717) is 0 Å². The number of fused-ring (bicyclic) bond motifs is 2. The summed E-state index contributed by atoms with van der Waals surface area (Å²) in [5.41, 5.74) is 0. The van der Waals surface area contributed by atoms with Crippen LogP contribution in [-0.4, -0.2) is 13.2 Å². The highest BCUT2D eigenvalue weighted by molar-refractivity contribution is 9.10. The van der Waals surface area contributed by atoms with E-state index in [1.807, 2.05) is 0 Å². The molecular formula is C30H41BrO2. The molecule has 3 aromatic rings. The number of ether oxygens (including phenoxy) is 2. The van der Waals surface area contributed by atoms with Gasteiger partial charge in [-0.15, -0.1) is 0 Å². The molecule has 2 nitrogen and oxygen atoms in total. The van der Waals surface area contributed by atoms with Crippen LogP contribution in [0.25, 0.3) is 21.5 Å². The Morgan fingerprint density at radius 1 is 0.545 bits per heavy atom. The number of hydrogen-bond acceptors (Lipinski definition) is 2. The maximum atomic E-state index is 6.25. The van der Waals surface area contributed by atoms with E-state index in [1.165, 1.54) is 75.0 Å². The van der Waals surface area contributed by atoms with E-state index >= 15 is 0 Å². The van der Waals surface area contributed by atoms with Crippen molar-refractivity contribution in [3.63, 3.8) is 0 Å². The lowest BCUT2D eigenvalue weighted by atomic mass is 10.0. The van der Waals surface area contributed by atoms with Crippen LogP contribution in [-0.2, 0) is 0 Å². The molecule has 0 radical (unpaired) electrons. The van der Waals surface area contributed by atoms with Crippen LogP contribution in [0.1, 0.15) is 90.9 Å². The number of hydrogen-bond donors (Lipinski definition) is 0. The predicted molar refractivity (Wildman–Crippen MR) is 147 cm³/mol. The van der Waals surface area contributed by atoms with E-state index in [-0.39, 0.29) is 0 Å². The molecule has 0 saturated heterocycles. The van der Waals surface area contributed by atoms with Crippen molar-refractivity contribution in [2.75, 3.05) is 13.2 Å². The summed E-state index contributed by atoms with van der Waals surface area (Å²) in [7, 11) is 0. The number of halogens is 1. The zero-order valence-electron chi connectivity index (χ0n) is 20.6. The van der Waals surface area contributed by atoms with E-state index in [1.54, 1.807) is 0 Å². The van der Waals surface area contributed by atoms with E-state index in [4.69, 9.17) is 9.47 Å². The summed E-state index contributed by atoms with van der Waals surface area (Å²) in [4.78, 5) is 0. The third-order valence-electron chi connectivity index (χ3n) is 6.40. The van der Waals surface area contributed by atoms with Gasteiger partial charge in [-0.05, 0) is 47.0 Å². The molecule has 0 saturated carbocycles. The molecule has 3 aromatic carbocycles. The van der Waals surface area contributed by atoms with Crippen molar-refractivity contribution in [3.05, 3.63) is 46.9 Å². The molecule has 0 fully saturated rings. The first kappa shape index (κ1) is 25.9. The molecule has 0 aromatic heterocycles. The second-order valence-electron chi connectivity index (χ2n) is 9.13. The summed E-state index contributed by atoms with van der Waals surface area (Å²) in [6.07, 6.45) is 15.3. The average molecular weight is 514 g/mol. The molecule has 3 heteroatoms. The standard InChI is InChI=1S/C30H41BrO2/c1-3-5-7-9-11-13-21-32-28-19-15-17-24-26(28)23-27-25(30(24)31)18-16-20-29(27)33-22-14-12-10-8-6-4-2/h15-20,23H,3-14,21-22H2,1-2H3. The van der Waals surface area contributed by atoms with Crippen molar-refractivity contribution in [2.45, 2.75) is 90.9 Å². The Morgan fingerprint density at radius 3 is 1.42 bits per heavy atom. The van der Waals surface area contributed by atoms with Crippen LogP contribution in [0.15, 0.2) is 46.9 Å². The zero-order chi connectivity index (χ0) is 23.3. The molecule has 33 heavy (non-hydrogen) atoms. The Hall–Kier alpha value is -1.74. The summed E-state index contributed by atoms with van der Waals surface area (Å²) in [6, 6.07) is 15.0. The minimum atomic E-state index is 0.775. The third kappa shape index (κ3) is 7.64. The number of unbranched alkanes of at least 4 members (excludes halogenated alkanes) is 10. The first-order chi connectivity index (χ1) is 16.3. The van der Waals surface area contributed by atoms with Gasteiger partial charge in [-0.1, -0.05) is 102 Å². The van der Waals surface area contributed by atoms with E-state index in [0.717, 1.165) is 52.8 Å². The van der Waals surface area contributed by atoms with Gasteiger partial charge in [-0.3, -0.25) is 0 Å². The first-order valence-electron chi connectivity index (χ1n) is 13.2. The van der Waals surface area contributed by atoms with Gasteiger partial charge in [-0.2, -0.15) is 0 Å². The van der Waals surface area contributed by atoms with Gasteiger partial charge in [0.2, 0.25) is 0 Å². The molecule has 180 valence electrons. The lowest BCUT2D eigenvalue weighted by Crippen LogP contribution is -1.99. The highest BCUT2D eigenvalue weighted by atomic mass is 79.9. The Morgan fingerprint density at radius 2 is 0.970 bits per heavy atom. The van der Waals surface area contributed by atoms with Gasteiger partial charge >= 0.3 is 0 Å². The zero-order valence-corrected chi connectivity index (χ0v) is 22.2. The maximum absolute atomic E-state index is 6.25. The number of rotatable bonds is 16. The molecule has 0 aliphatic heterocycles. The van der Waals surface area contributed by atoms with E-state index < -0.39 is 0 Å². The summed E-state index contributed by atoms with van der Waals surface area (Å²) in [5, 5.41) is 4.68. The van der Waals surface area contributed by atoms with Gasteiger partial charge in [0.25, 0.3) is 0 Å². The minimum absolute atomic E-state index is 0.775. The van der Waals surface area contributed by atoms with Crippen LogP contribution in [0.5, 0.6) is 11.5 Å². The number of benzene rings is 3. The van der Waals surface area contributed by atoms with Crippen molar-refractivity contribution >= 4 is 37.5 Å². The Labute approximate surface area is 209 Å². The average Bonchev–Trinajstić information content (AvgIpc) is 2.83. The summed E-state index contributed by atoms with van der Waals surface area (Å²) in [6.45, 7) is 6.07. The van der Waals surface area contributed by atoms with Crippen LogP contribution in [0.3, 0.4) is 0 Å². The van der Waals surface area contributed by atoms with Crippen LogP contribution in [0.2, 0.25) is 0 Å². The van der Waals surface area contributed by atoms with Crippen LogP contribution in [0, 0.1) is 0 Å². The molecular weight excluding hydrogens is 472 g/mol. The normalized spacial score (nSPS) is 11.4. The fourth-order valence-electron chi connectivity index (χ4n) is 4.44. The quantitative estimate of drug-likeness (QED) is 0.140. The topological polar surface area (TPSA) is 18.5 Å². The van der Waals surface area contributed by atoms with E-state index in [2.05, 4.69) is 72.2 Å². The van der Waals surface area contributed by atoms with Crippen molar-refractivity contribution in [2.24, 2.45) is 0 Å². The lowest BCUT2D eigenvalue weighted by Gasteiger charge is -2.15. The van der Waals surface area contributed by atoms with Crippen molar-refractivity contribution < 1.29 is 9.47 Å². The summed E-state index contributed by atoms with van der Waals surface area (Å²) >= 11 is 3.87. The third-order valence-corrected chi connectivity index (χ3v) is 7.26. The van der Waals surface area contributed by atoms with Gasteiger partial charge < -0.3 is 9.47 Å². The highest BCUT2D eigenvalue weighted by Gasteiger charge is 2.12. The Balaban J connectivity index is 1.69. The minimum Gasteiger partial charge on any atom is -0.493 e. The highest BCUT2D eigenvalue weighted by Crippen LogP contribution is 2.40.